The number of nitrogens with zero attached hydrogens (tertiary/aromatic N) is 2. The molecule has 0 bridgehead atoms. The third kappa shape index (κ3) is 3.32. The molecule has 1 heterocycles. The van der Waals surface area contributed by atoms with Gasteiger partial charge in [0.15, 0.2) is 5.82 Å². The molecule has 1 aromatic rings. The summed E-state index contributed by atoms with van der Waals surface area (Å²) >= 11 is 0. The van der Waals surface area contributed by atoms with Crippen LogP contribution in [0.2, 0.25) is 0 Å². The summed E-state index contributed by atoms with van der Waals surface area (Å²) in [4.78, 5) is 13.3. The molecular weight excluding hydrogens is 337 g/mol. The summed E-state index contributed by atoms with van der Waals surface area (Å²) in [6.07, 6.45) is 3.66. The fourth-order valence-electron chi connectivity index (χ4n) is 3.12. The average Bonchev–Trinajstić information content (AvgIpc) is 2.66. The van der Waals surface area contributed by atoms with E-state index >= 15 is 0 Å². The number of phenolic OH excluding ortho intramolecular Hbond substituents is 1. The van der Waals surface area contributed by atoms with E-state index in [-0.39, 0.29) is 0 Å². The van der Waals surface area contributed by atoms with Gasteiger partial charge >= 0.3 is 10.2 Å². The minimum Gasteiger partial charge on any atom is -0.506 e. The molecule has 1 saturated carbocycles. The zero-order valence-electron chi connectivity index (χ0n) is 13.3. The summed E-state index contributed by atoms with van der Waals surface area (Å²) < 4.78 is 40.3. The van der Waals surface area contributed by atoms with Crippen molar-refractivity contribution in [1.29, 1.82) is 0 Å². The number of carbonyl (C=O) groups excluding carboxylic acids is 1. The van der Waals surface area contributed by atoms with Crippen molar-refractivity contribution < 1.29 is 22.7 Å². The van der Waals surface area contributed by atoms with Crippen molar-refractivity contribution in [3.8, 4) is 5.75 Å². The molecule has 3 rings (SSSR count). The van der Waals surface area contributed by atoms with Gasteiger partial charge in [0.25, 0.3) is 5.91 Å². The van der Waals surface area contributed by atoms with E-state index in [1.54, 1.807) is 4.72 Å². The fraction of sp³-hybridized carbons (Fsp3) is 0.533. The van der Waals surface area contributed by atoms with Crippen molar-refractivity contribution in [3.05, 3.63) is 23.5 Å². The number of nitrogens with one attached hydrogen (secondary N) is 1. The Hall–Kier alpha value is -1.87. The molecule has 1 aliphatic carbocycles. The fourth-order valence-corrected chi connectivity index (χ4v) is 4.29. The van der Waals surface area contributed by atoms with Gasteiger partial charge in [-0.25, -0.2) is 13.4 Å². The summed E-state index contributed by atoms with van der Waals surface area (Å²) in [7, 11) is -2.23. The lowest BCUT2D eigenvalue weighted by atomic mass is 9.85. The predicted octanol–water partition coefficient (Wildman–Crippen LogP) is 0.944. The Morgan fingerprint density at radius 2 is 2.12 bits per heavy atom. The lowest BCUT2D eigenvalue weighted by Gasteiger charge is -2.30. The maximum Gasteiger partial charge on any atom is 0.326 e. The van der Waals surface area contributed by atoms with Crippen molar-refractivity contribution in [3.63, 3.8) is 0 Å². The molecule has 1 amide bonds. The summed E-state index contributed by atoms with van der Waals surface area (Å²) in [6, 6.07) is 2.54. The van der Waals surface area contributed by atoms with E-state index in [4.69, 9.17) is 0 Å². The van der Waals surface area contributed by atoms with E-state index in [2.05, 4.69) is 4.90 Å². The number of hydrogen-bond donors (Lipinski definition) is 2. The van der Waals surface area contributed by atoms with Crippen molar-refractivity contribution in [1.82, 2.24) is 9.62 Å². The summed E-state index contributed by atoms with van der Waals surface area (Å²) in [5, 5.41) is 10.1. The number of amides is 1. The van der Waals surface area contributed by atoms with Crippen molar-refractivity contribution in [2.75, 3.05) is 24.4 Å². The Bertz CT molecular complexity index is 741. The van der Waals surface area contributed by atoms with Crippen LogP contribution in [0, 0.1) is 11.7 Å². The van der Waals surface area contributed by atoms with Crippen LogP contribution in [-0.4, -0.2) is 44.5 Å². The minimum absolute atomic E-state index is 0.450. The standard InChI is InChI=1S/C15H20FN3O4S/c1-18(7-10-3-2-4-10)8-11-5-12(16)15(13(20)6-11)19-9-14(21)17-24(19,22)23/h5-6,10,20H,2-4,7-9H2,1H3,(H,17,21). The number of carbonyl (C=O) groups is 1. The van der Waals surface area contributed by atoms with E-state index in [1.165, 1.54) is 31.4 Å². The van der Waals surface area contributed by atoms with Gasteiger partial charge in [-0.15, -0.1) is 0 Å². The molecule has 1 saturated heterocycles. The van der Waals surface area contributed by atoms with Gasteiger partial charge in [0.1, 0.15) is 18.0 Å². The second-order valence-corrected chi connectivity index (χ2v) is 8.07. The number of halogens is 1. The third-order valence-electron chi connectivity index (χ3n) is 4.42. The van der Waals surface area contributed by atoms with Crippen LogP contribution in [0.1, 0.15) is 24.8 Å². The molecule has 9 heteroatoms. The van der Waals surface area contributed by atoms with E-state index in [0.717, 1.165) is 6.54 Å². The van der Waals surface area contributed by atoms with Crippen LogP contribution in [0.4, 0.5) is 10.1 Å². The largest absolute Gasteiger partial charge is 0.506 e. The van der Waals surface area contributed by atoms with Gasteiger partial charge < -0.3 is 10.0 Å². The Morgan fingerprint density at radius 1 is 1.42 bits per heavy atom. The number of benzene rings is 1. The minimum atomic E-state index is -4.16. The van der Waals surface area contributed by atoms with Crippen LogP contribution in [0.5, 0.6) is 5.75 Å². The van der Waals surface area contributed by atoms with Gasteiger partial charge in [-0.2, -0.15) is 8.42 Å². The third-order valence-corrected chi connectivity index (χ3v) is 5.80. The lowest BCUT2D eigenvalue weighted by molar-refractivity contribution is -0.117. The molecule has 24 heavy (non-hydrogen) atoms. The smallest absolute Gasteiger partial charge is 0.326 e. The van der Waals surface area contributed by atoms with Gasteiger partial charge in [0, 0.05) is 13.1 Å². The van der Waals surface area contributed by atoms with Gasteiger partial charge in [-0.3, -0.25) is 4.79 Å². The zero-order chi connectivity index (χ0) is 17.5. The Kier molecular flexibility index (Phi) is 4.39. The first kappa shape index (κ1) is 17.0. The number of rotatable bonds is 5. The molecule has 0 spiro atoms. The number of aromatic hydroxyl groups is 1. The second kappa shape index (κ2) is 6.21. The summed E-state index contributed by atoms with van der Waals surface area (Å²) in [6.45, 7) is 0.808. The molecule has 0 radical (unpaired) electrons. The first-order valence-electron chi connectivity index (χ1n) is 7.79. The van der Waals surface area contributed by atoms with Gasteiger partial charge in [-0.1, -0.05) is 6.42 Å². The van der Waals surface area contributed by atoms with Crippen molar-refractivity contribution in [2.24, 2.45) is 5.92 Å². The molecule has 2 aliphatic rings. The highest BCUT2D eigenvalue weighted by Crippen LogP contribution is 2.35. The Morgan fingerprint density at radius 3 is 2.62 bits per heavy atom. The van der Waals surface area contributed by atoms with Crippen LogP contribution in [0.15, 0.2) is 12.1 Å². The molecule has 2 N–H and O–H groups in total. The molecule has 132 valence electrons. The highest BCUT2D eigenvalue weighted by molar-refractivity contribution is 7.92. The van der Waals surface area contributed by atoms with E-state index in [9.17, 15) is 22.7 Å². The van der Waals surface area contributed by atoms with Crippen LogP contribution in [0.25, 0.3) is 0 Å². The van der Waals surface area contributed by atoms with Crippen LogP contribution in [-0.2, 0) is 21.5 Å². The molecule has 1 aromatic carbocycles. The second-order valence-electron chi connectivity index (χ2n) is 6.48. The molecule has 0 atom stereocenters. The van der Waals surface area contributed by atoms with Crippen molar-refractivity contribution >= 4 is 21.8 Å². The van der Waals surface area contributed by atoms with E-state index in [1.807, 2.05) is 7.05 Å². The maximum absolute atomic E-state index is 14.4. The highest BCUT2D eigenvalue weighted by Gasteiger charge is 2.37. The monoisotopic (exact) mass is 357 g/mol. The Balaban J connectivity index is 1.79. The van der Waals surface area contributed by atoms with Gasteiger partial charge in [0.05, 0.1) is 0 Å². The van der Waals surface area contributed by atoms with E-state index in [0.29, 0.717) is 22.3 Å². The number of anilines is 1. The SMILES string of the molecule is CN(Cc1cc(O)c(N2CC(=O)NS2(=O)=O)c(F)c1)CC1CCC1. The molecule has 0 aromatic heterocycles. The van der Waals surface area contributed by atoms with Gasteiger partial charge in [0.2, 0.25) is 0 Å². The lowest BCUT2D eigenvalue weighted by Crippen LogP contribution is -2.30. The average molecular weight is 357 g/mol. The first-order chi connectivity index (χ1) is 11.3. The normalized spacial score (nSPS) is 20.3. The molecule has 1 aliphatic heterocycles. The van der Waals surface area contributed by atoms with Gasteiger partial charge in [-0.05, 0) is 43.5 Å². The summed E-state index contributed by atoms with van der Waals surface area (Å²) in [5.74, 6) is -1.47. The molecule has 7 nitrogen and oxygen atoms in total. The molecular formula is C15H20FN3O4S. The molecule has 0 unspecified atom stereocenters. The number of phenols is 1. The maximum atomic E-state index is 14.4. The number of hydrogen-bond acceptors (Lipinski definition) is 5. The van der Waals surface area contributed by atoms with Crippen LogP contribution in [0.3, 0.4) is 0 Å². The Labute approximate surface area is 140 Å². The quantitative estimate of drug-likeness (QED) is 0.819. The zero-order valence-corrected chi connectivity index (χ0v) is 14.1. The van der Waals surface area contributed by atoms with E-state index < -0.39 is 39.9 Å². The van der Waals surface area contributed by atoms with Crippen LogP contribution >= 0.6 is 0 Å². The predicted molar refractivity (Wildman–Crippen MR) is 86.1 cm³/mol. The highest BCUT2D eigenvalue weighted by atomic mass is 32.2. The molecule has 2 fully saturated rings. The summed E-state index contributed by atoms with van der Waals surface area (Å²) in [5.41, 5.74) is 0.0465. The first-order valence-corrected chi connectivity index (χ1v) is 9.23. The van der Waals surface area contributed by atoms with Crippen LogP contribution < -0.4 is 9.03 Å². The topological polar surface area (TPSA) is 89.9 Å². The van der Waals surface area contributed by atoms with Crippen molar-refractivity contribution in [2.45, 2.75) is 25.8 Å².